The predicted molar refractivity (Wildman–Crippen MR) is 116 cm³/mol. The number of hydrogen-bond acceptors (Lipinski definition) is 6. The van der Waals surface area contributed by atoms with E-state index in [-0.39, 0.29) is 13.1 Å². The van der Waals surface area contributed by atoms with E-state index >= 15 is 0 Å². The number of nitrogens with zero attached hydrogens (tertiary/aromatic N) is 5. The van der Waals surface area contributed by atoms with Gasteiger partial charge >= 0.3 is 0 Å². The summed E-state index contributed by atoms with van der Waals surface area (Å²) in [6.45, 7) is 1.43. The second-order valence-electron chi connectivity index (χ2n) is 7.18. The Balaban J connectivity index is 1.33. The second kappa shape index (κ2) is 7.71. The summed E-state index contributed by atoms with van der Waals surface area (Å²) in [5.41, 5.74) is 1.00. The normalized spacial score (nSPS) is 16.5. The lowest BCUT2D eigenvalue weighted by atomic mass is 10.3. The smallest absolute Gasteiger partial charge is 0.249 e. The minimum atomic E-state index is -4.25. The van der Waals surface area contributed by atoms with Gasteiger partial charge in [0.1, 0.15) is 11.6 Å². The minimum absolute atomic E-state index is 0.120. The molecule has 1 saturated heterocycles. The minimum Gasteiger partial charge on any atom is -0.282 e. The van der Waals surface area contributed by atoms with Crippen molar-refractivity contribution in [3.63, 3.8) is 0 Å². The molecule has 7 nitrogen and oxygen atoms in total. The van der Waals surface area contributed by atoms with Crippen LogP contribution in [0.15, 0.2) is 47.4 Å². The van der Waals surface area contributed by atoms with Crippen LogP contribution in [0.25, 0.3) is 15.2 Å². The molecule has 12 heteroatoms. The molecule has 0 N–H and O–H groups in total. The lowest BCUT2D eigenvalue weighted by molar-refractivity contribution is 0.144. The molecule has 3 heterocycles. The molecule has 1 aliphatic heterocycles. The van der Waals surface area contributed by atoms with E-state index in [2.05, 4.69) is 5.10 Å². The highest BCUT2D eigenvalue weighted by molar-refractivity contribution is 7.89. The van der Waals surface area contributed by atoms with Crippen LogP contribution in [0.1, 0.15) is 0 Å². The fourth-order valence-corrected chi connectivity index (χ4v) is 6.63. The summed E-state index contributed by atoms with van der Waals surface area (Å²) >= 11 is 7.16. The molecular formula is C19H17F2N5O2S3. The van der Waals surface area contributed by atoms with Gasteiger partial charge in [-0.2, -0.15) is 4.31 Å². The van der Waals surface area contributed by atoms with E-state index in [1.807, 2.05) is 33.6 Å². The van der Waals surface area contributed by atoms with Gasteiger partial charge in [0.15, 0.2) is 4.90 Å². The molecule has 1 aliphatic rings. The molecule has 0 bridgehead atoms. The number of thiazole rings is 1. The first kappa shape index (κ1) is 20.6. The molecule has 0 radical (unpaired) electrons. The standard InChI is InChI=1S/C19H17F2N5O2S3/c20-13-4-3-5-14(21)17(13)31(27,28)24-10-8-23(9-11-24)12-25-19(29)26-15-6-1-2-7-16(15)30-18(26)22-25/h1-7H,8-12H2. The molecule has 0 amide bonds. The predicted octanol–water partition coefficient (Wildman–Crippen LogP) is 3.32. The number of halogens is 2. The van der Waals surface area contributed by atoms with E-state index in [0.29, 0.717) is 24.5 Å². The van der Waals surface area contributed by atoms with E-state index < -0.39 is 26.6 Å². The van der Waals surface area contributed by atoms with Gasteiger partial charge in [0, 0.05) is 26.2 Å². The van der Waals surface area contributed by atoms with Crippen molar-refractivity contribution in [3.8, 4) is 0 Å². The summed E-state index contributed by atoms with van der Waals surface area (Å²) < 4.78 is 59.9. The molecule has 162 valence electrons. The zero-order chi connectivity index (χ0) is 21.8. The highest BCUT2D eigenvalue weighted by Gasteiger charge is 2.33. The topological polar surface area (TPSA) is 62.9 Å². The first-order chi connectivity index (χ1) is 14.9. The van der Waals surface area contributed by atoms with Gasteiger partial charge in [0.05, 0.1) is 16.9 Å². The van der Waals surface area contributed by atoms with Crippen LogP contribution in [-0.2, 0) is 16.7 Å². The number of hydrogen-bond donors (Lipinski definition) is 0. The fourth-order valence-electron chi connectivity index (χ4n) is 3.74. The number of rotatable bonds is 4. The molecule has 1 fully saturated rings. The van der Waals surface area contributed by atoms with Crippen molar-refractivity contribution < 1.29 is 17.2 Å². The summed E-state index contributed by atoms with van der Waals surface area (Å²) in [4.78, 5) is 1.91. The molecule has 31 heavy (non-hydrogen) atoms. The Morgan fingerprint density at radius 3 is 2.39 bits per heavy atom. The molecule has 5 rings (SSSR count). The first-order valence-electron chi connectivity index (χ1n) is 9.50. The van der Waals surface area contributed by atoms with Crippen LogP contribution in [0, 0.1) is 16.4 Å². The van der Waals surface area contributed by atoms with Crippen LogP contribution < -0.4 is 0 Å². The van der Waals surface area contributed by atoms with Gasteiger partial charge < -0.3 is 0 Å². The quantitative estimate of drug-likeness (QED) is 0.419. The van der Waals surface area contributed by atoms with Crippen LogP contribution in [0.3, 0.4) is 0 Å². The summed E-state index contributed by atoms with van der Waals surface area (Å²) in [5.74, 6) is -2.17. The monoisotopic (exact) mass is 481 g/mol. The van der Waals surface area contributed by atoms with Crippen LogP contribution in [0.2, 0.25) is 0 Å². The van der Waals surface area contributed by atoms with Gasteiger partial charge in [-0.25, -0.2) is 21.9 Å². The first-order valence-corrected chi connectivity index (χ1v) is 12.2. The number of fused-ring (bicyclic) bond motifs is 3. The third kappa shape index (κ3) is 3.48. The average molecular weight is 482 g/mol. The SMILES string of the molecule is O=S(=O)(c1c(F)cccc1F)N1CCN(Cn2nc3sc4ccccc4n3c2=S)CC1. The van der Waals surface area contributed by atoms with Crippen LogP contribution in [0.5, 0.6) is 0 Å². The Morgan fingerprint density at radius 1 is 1.00 bits per heavy atom. The Bertz CT molecular complexity index is 1430. The molecule has 0 aliphatic carbocycles. The van der Waals surface area contributed by atoms with Gasteiger partial charge in [-0.05, 0) is 36.5 Å². The van der Waals surface area contributed by atoms with Crippen LogP contribution in [0.4, 0.5) is 8.78 Å². The highest BCUT2D eigenvalue weighted by atomic mass is 32.2. The van der Waals surface area contributed by atoms with Gasteiger partial charge in [0.25, 0.3) is 0 Å². The van der Waals surface area contributed by atoms with E-state index in [1.165, 1.54) is 0 Å². The third-order valence-corrected chi connectivity index (χ3v) is 8.66. The Kier molecular flexibility index (Phi) is 5.13. The fraction of sp³-hybridized carbons (Fsp3) is 0.263. The molecule has 0 spiro atoms. The summed E-state index contributed by atoms with van der Waals surface area (Å²) in [7, 11) is -4.25. The molecule has 0 saturated carbocycles. The van der Waals surface area contributed by atoms with E-state index in [9.17, 15) is 17.2 Å². The van der Waals surface area contributed by atoms with Gasteiger partial charge in [-0.1, -0.05) is 29.5 Å². The van der Waals surface area contributed by atoms with E-state index in [1.54, 1.807) is 16.0 Å². The summed E-state index contributed by atoms with van der Waals surface area (Å²) in [6.07, 6.45) is 0. The maximum atomic E-state index is 14.0. The van der Waals surface area contributed by atoms with E-state index in [4.69, 9.17) is 12.2 Å². The molecule has 0 unspecified atom stereocenters. The Labute approximate surface area is 185 Å². The van der Waals surface area contributed by atoms with Crippen LogP contribution in [-0.4, -0.2) is 58.0 Å². The second-order valence-corrected chi connectivity index (χ2v) is 10.4. The Hall–Kier alpha value is -2.25. The summed E-state index contributed by atoms with van der Waals surface area (Å²) in [6, 6.07) is 11.0. The lowest BCUT2D eigenvalue weighted by Crippen LogP contribution is -2.49. The molecule has 0 atom stereocenters. The van der Waals surface area contributed by atoms with Gasteiger partial charge in [0.2, 0.25) is 19.8 Å². The largest absolute Gasteiger partial charge is 0.282 e. The third-order valence-electron chi connectivity index (χ3n) is 5.30. The zero-order valence-electron chi connectivity index (χ0n) is 16.1. The van der Waals surface area contributed by atoms with Crippen molar-refractivity contribution in [2.45, 2.75) is 11.6 Å². The van der Waals surface area contributed by atoms with Gasteiger partial charge in [-0.15, -0.1) is 5.10 Å². The summed E-state index contributed by atoms with van der Waals surface area (Å²) in [5, 5.41) is 4.60. The van der Waals surface area contributed by atoms with Crippen molar-refractivity contribution in [1.29, 1.82) is 0 Å². The Morgan fingerprint density at radius 2 is 1.68 bits per heavy atom. The maximum absolute atomic E-state index is 14.0. The molecular weight excluding hydrogens is 464 g/mol. The lowest BCUT2D eigenvalue weighted by Gasteiger charge is -2.33. The number of sulfonamides is 1. The number of piperazine rings is 1. The van der Waals surface area contributed by atoms with Gasteiger partial charge in [-0.3, -0.25) is 9.30 Å². The van der Waals surface area contributed by atoms with Crippen molar-refractivity contribution in [2.24, 2.45) is 0 Å². The highest BCUT2D eigenvalue weighted by Crippen LogP contribution is 2.26. The number of aromatic nitrogens is 3. The van der Waals surface area contributed by atoms with Crippen molar-refractivity contribution in [2.75, 3.05) is 26.2 Å². The zero-order valence-corrected chi connectivity index (χ0v) is 18.6. The van der Waals surface area contributed by atoms with E-state index in [0.717, 1.165) is 37.7 Å². The van der Waals surface area contributed by atoms with Crippen molar-refractivity contribution in [3.05, 3.63) is 58.9 Å². The van der Waals surface area contributed by atoms with Crippen LogP contribution >= 0.6 is 23.6 Å². The van der Waals surface area contributed by atoms with Crippen molar-refractivity contribution >= 4 is 48.8 Å². The molecule has 4 aromatic rings. The average Bonchev–Trinajstić information content (AvgIpc) is 3.24. The van der Waals surface area contributed by atoms with Crippen molar-refractivity contribution in [1.82, 2.24) is 23.4 Å². The number of para-hydroxylation sites is 1. The molecule has 2 aromatic heterocycles. The number of benzene rings is 2. The molecule has 2 aromatic carbocycles. The maximum Gasteiger partial charge on any atom is 0.249 e.